The number of carbonyl (C=O) groups is 1. The van der Waals surface area contributed by atoms with Gasteiger partial charge >= 0.3 is 5.97 Å². The van der Waals surface area contributed by atoms with Crippen LogP contribution in [-0.2, 0) is 4.79 Å². The molecule has 1 rings (SSSR count). The molecule has 4 nitrogen and oxygen atoms in total. The van der Waals surface area contributed by atoms with Gasteiger partial charge < -0.3 is 15.1 Å². The van der Waals surface area contributed by atoms with Gasteiger partial charge in [-0.15, -0.1) is 0 Å². The van der Waals surface area contributed by atoms with Crippen LogP contribution >= 0.6 is 0 Å². The fourth-order valence-electron chi connectivity index (χ4n) is 1.78. The normalized spacial score (nSPS) is 14.0. The van der Waals surface area contributed by atoms with Gasteiger partial charge in [-0.3, -0.25) is 4.79 Å². The van der Waals surface area contributed by atoms with E-state index in [2.05, 4.69) is 0 Å². The first-order valence-corrected chi connectivity index (χ1v) is 6.15. The van der Waals surface area contributed by atoms with Crippen LogP contribution < -0.4 is 4.90 Å². The van der Waals surface area contributed by atoms with E-state index >= 15 is 0 Å². The molecular formula is C14H21NO3. The van der Waals surface area contributed by atoms with Crippen LogP contribution in [0.2, 0.25) is 0 Å². The molecule has 0 heterocycles. The van der Waals surface area contributed by atoms with Gasteiger partial charge in [-0.2, -0.15) is 0 Å². The number of hydrogen-bond acceptors (Lipinski definition) is 3. The minimum absolute atomic E-state index is 0.0605. The van der Waals surface area contributed by atoms with Crippen molar-refractivity contribution in [2.75, 3.05) is 11.4 Å². The van der Waals surface area contributed by atoms with Crippen LogP contribution in [-0.4, -0.2) is 34.9 Å². The van der Waals surface area contributed by atoms with Crippen LogP contribution in [0.3, 0.4) is 0 Å². The molecule has 0 bridgehead atoms. The van der Waals surface area contributed by atoms with E-state index in [0.29, 0.717) is 6.54 Å². The van der Waals surface area contributed by atoms with Gasteiger partial charge in [0, 0.05) is 12.2 Å². The van der Waals surface area contributed by atoms with Crippen molar-refractivity contribution in [3.63, 3.8) is 0 Å². The van der Waals surface area contributed by atoms with Crippen molar-refractivity contribution < 1.29 is 15.0 Å². The standard InChI is InChI=1S/C14H21NO3/c1-10-4-6-13(7-5-10)15(9-8-14(17)18)11(2)12(3)16/h4-7,11-12,16H,8-9H2,1-3H3,(H,17,18). The second-order valence-electron chi connectivity index (χ2n) is 4.65. The Hall–Kier alpha value is -1.55. The summed E-state index contributed by atoms with van der Waals surface area (Å²) in [6.07, 6.45) is -0.453. The van der Waals surface area contributed by atoms with Crippen molar-refractivity contribution in [3.8, 4) is 0 Å². The molecule has 0 saturated carbocycles. The summed E-state index contributed by atoms with van der Waals surface area (Å²) < 4.78 is 0. The summed E-state index contributed by atoms with van der Waals surface area (Å²) in [5.41, 5.74) is 2.09. The summed E-state index contributed by atoms with van der Waals surface area (Å²) in [4.78, 5) is 12.6. The molecule has 0 radical (unpaired) electrons. The van der Waals surface area contributed by atoms with E-state index in [0.717, 1.165) is 11.3 Å². The van der Waals surface area contributed by atoms with Gasteiger partial charge in [0.1, 0.15) is 0 Å². The van der Waals surface area contributed by atoms with Crippen LogP contribution in [0, 0.1) is 6.92 Å². The molecular weight excluding hydrogens is 230 g/mol. The predicted molar refractivity (Wildman–Crippen MR) is 71.9 cm³/mol. The molecule has 0 aromatic heterocycles. The first-order valence-electron chi connectivity index (χ1n) is 6.15. The Morgan fingerprint density at radius 2 is 1.83 bits per heavy atom. The lowest BCUT2D eigenvalue weighted by Crippen LogP contribution is -2.41. The van der Waals surface area contributed by atoms with Crippen molar-refractivity contribution in [2.45, 2.75) is 39.3 Å². The first kappa shape index (κ1) is 14.5. The van der Waals surface area contributed by atoms with Crippen LogP contribution in [0.1, 0.15) is 25.8 Å². The predicted octanol–water partition coefficient (Wildman–Crippen LogP) is 2.05. The van der Waals surface area contributed by atoms with E-state index in [1.165, 1.54) is 0 Å². The third-order valence-electron chi connectivity index (χ3n) is 3.12. The molecule has 0 aliphatic heterocycles. The lowest BCUT2D eigenvalue weighted by Gasteiger charge is -2.33. The van der Waals surface area contributed by atoms with Crippen molar-refractivity contribution in [1.82, 2.24) is 0 Å². The zero-order valence-electron chi connectivity index (χ0n) is 11.1. The largest absolute Gasteiger partial charge is 0.481 e. The van der Waals surface area contributed by atoms with Crippen molar-refractivity contribution in [2.24, 2.45) is 0 Å². The number of nitrogens with zero attached hydrogens (tertiary/aromatic N) is 1. The first-order chi connectivity index (χ1) is 8.41. The number of aliphatic hydroxyl groups is 1. The number of aryl methyl sites for hydroxylation is 1. The highest BCUT2D eigenvalue weighted by molar-refractivity contribution is 5.67. The lowest BCUT2D eigenvalue weighted by atomic mass is 10.1. The Kier molecular flexibility index (Phi) is 5.16. The molecule has 1 aromatic rings. The smallest absolute Gasteiger partial charge is 0.305 e. The summed E-state index contributed by atoms with van der Waals surface area (Å²) >= 11 is 0. The molecule has 100 valence electrons. The Bertz CT molecular complexity index is 387. The summed E-state index contributed by atoms with van der Waals surface area (Å²) in [7, 11) is 0. The number of aliphatic carboxylic acids is 1. The summed E-state index contributed by atoms with van der Waals surface area (Å²) in [6.45, 7) is 6.01. The molecule has 4 heteroatoms. The fourth-order valence-corrected chi connectivity index (χ4v) is 1.78. The topological polar surface area (TPSA) is 60.8 Å². The van der Waals surface area contributed by atoms with Gasteiger partial charge in [0.25, 0.3) is 0 Å². The van der Waals surface area contributed by atoms with E-state index in [4.69, 9.17) is 5.11 Å². The van der Waals surface area contributed by atoms with Crippen LogP contribution in [0.5, 0.6) is 0 Å². The Balaban J connectivity index is 2.88. The molecule has 0 amide bonds. The third kappa shape index (κ3) is 4.04. The molecule has 0 aliphatic rings. The molecule has 2 N–H and O–H groups in total. The third-order valence-corrected chi connectivity index (χ3v) is 3.12. The lowest BCUT2D eigenvalue weighted by molar-refractivity contribution is -0.136. The van der Waals surface area contributed by atoms with E-state index < -0.39 is 12.1 Å². The van der Waals surface area contributed by atoms with E-state index in [1.54, 1.807) is 6.92 Å². The van der Waals surface area contributed by atoms with E-state index in [1.807, 2.05) is 43.0 Å². The highest BCUT2D eigenvalue weighted by Crippen LogP contribution is 2.19. The second kappa shape index (κ2) is 6.40. The average Bonchev–Trinajstić information content (AvgIpc) is 2.30. The summed E-state index contributed by atoms with van der Waals surface area (Å²) in [5.74, 6) is -0.829. The summed E-state index contributed by atoms with van der Waals surface area (Å²) in [5, 5.41) is 18.5. The van der Waals surface area contributed by atoms with Crippen molar-refractivity contribution >= 4 is 11.7 Å². The van der Waals surface area contributed by atoms with E-state index in [9.17, 15) is 9.90 Å². The zero-order chi connectivity index (χ0) is 13.7. The van der Waals surface area contributed by atoms with Gasteiger partial charge in [-0.1, -0.05) is 17.7 Å². The molecule has 1 aromatic carbocycles. The maximum Gasteiger partial charge on any atom is 0.305 e. The average molecular weight is 251 g/mol. The number of benzene rings is 1. The number of carboxylic acid groups (broad SMARTS) is 1. The van der Waals surface area contributed by atoms with Crippen LogP contribution in [0.15, 0.2) is 24.3 Å². The maximum absolute atomic E-state index is 10.7. The number of carboxylic acids is 1. The maximum atomic E-state index is 10.7. The second-order valence-corrected chi connectivity index (χ2v) is 4.65. The molecule has 0 aliphatic carbocycles. The number of rotatable bonds is 6. The molecule has 2 atom stereocenters. The van der Waals surface area contributed by atoms with Gasteiger partial charge in [0.15, 0.2) is 0 Å². The van der Waals surface area contributed by atoms with Crippen LogP contribution in [0.25, 0.3) is 0 Å². The molecule has 0 saturated heterocycles. The Labute approximate surface area is 108 Å². The SMILES string of the molecule is Cc1ccc(N(CCC(=O)O)C(C)C(C)O)cc1. The van der Waals surface area contributed by atoms with Crippen molar-refractivity contribution in [3.05, 3.63) is 29.8 Å². The highest BCUT2D eigenvalue weighted by Gasteiger charge is 2.19. The van der Waals surface area contributed by atoms with Crippen molar-refractivity contribution in [1.29, 1.82) is 0 Å². The Morgan fingerprint density at radius 3 is 2.28 bits per heavy atom. The van der Waals surface area contributed by atoms with Gasteiger partial charge in [-0.25, -0.2) is 0 Å². The molecule has 0 spiro atoms. The summed E-state index contributed by atoms with van der Waals surface area (Å²) in [6, 6.07) is 7.76. The fraction of sp³-hybridized carbons (Fsp3) is 0.500. The molecule has 18 heavy (non-hydrogen) atoms. The number of hydrogen-bond donors (Lipinski definition) is 2. The molecule has 0 fully saturated rings. The van der Waals surface area contributed by atoms with Crippen LogP contribution in [0.4, 0.5) is 5.69 Å². The van der Waals surface area contributed by atoms with E-state index in [-0.39, 0.29) is 12.5 Å². The van der Waals surface area contributed by atoms with Gasteiger partial charge in [0.2, 0.25) is 0 Å². The zero-order valence-corrected chi connectivity index (χ0v) is 11.1. The highest BCUT2D eigenvalue weighted by atomic mass is 16.4. The Morgan fingerprint density at radius 1 is 1.28 bits per heavy atom. The number of aliphatic hydroxyl groups excluding tert-OH is 1. The minimum atomic E-state index is -0.829. The monoisotopic (exact) mass is 251 g/mol. The van der Waals surface area contributed by atoms with Gasteiger partial charge in [-0.05, 0) is 32.9 Å². The minimum Gasteiger partial charge on any atom is -0.481 e. The quantitative estimate of drug-likeness (QED) is 0.812. The van der Waals surface area contributed by atoms with Gasteiger partial charge in [0.05, 0.1) is 18.6 Å². The number of anilines is 1. The molecule has 2 unspecified atom stereocenters.